The summed E-state index contributed by atoms with van der Waals surface area (Å²) >= 11 is 6.01. The Balaban J connectivity index is 1.43. The molecule has 1 atom stereocenters. The SMILES string of the molecule is C[C@@H](NC(=O)N1CCC(OCC2CC2)CC1)c1cccc(Cl)c1. The molecule has 4 nitrogen and oxygen atoms in total. The quantitative estimate of drug-likeness (QED) is 0.883. The summed E-state index contributed by atoms with van der Waals surface area (Å²) in [6.45, 7) is 4.42. The Labute approximate surface area is 143 Å². The number of carbonyl (C=O) groups excluding carboxylic acids is 1. The molecule has 0 bridgehead atoms. The number of ether oxygens (including phenoxy) is 1. The smallest absolute Gasteiger partial charge is 0.317 e. The summed E-state index contributed by atoms with van der Waals surface area (Å²) in [4.78, 5) is 14.3. The third-order valence-electron chi connectivity index (χ3n) is 4.68. The van der Waals surface area contributed by atoms with Gasteiger partial charge in [-0.15, -0.1) is 0 Å². The molecule has 1 aromatic carbocycles. The summed E-state index contributed by atoms with van der Waals surface area (Å²) in [6.07, 6.45) is 4.84. The van der Waals surface area contributed by atoms with Gasteiger partial charge in [-0.3, -0.25) is 0 Å². The number of amides is 2. The van der Waals surface area contributed by atoms with Gasteiger partial charge in [-0.05, 0) is 56.2 Å². The molecule has 2 aliphatic rings. The first kappa shape index (κ1) is 16.6. The lowest BCUT2D eigenvalue weighted by Crippen LogP contribution is -2.46. The van der Waals surface area contributed by atoms with Crippen LogP contribution in [0, 0.1) is 5.92 Å². The second-order valence-corrected chi connectivity index (χ2v) is 7.13. The molecule has 3 rings (SSSR count). The minimum atomic E-state index is -0.0509. The van der Waals surface area contributed by atoms with E-state index in [1.807, 2.05) is 36.1 Å². The lowest BCUT2D eigenvalue weighted by Gasteiger charge is -2.33. The van der Waals surface area contributed by atoms with E-state index in [0.29, 0.717) is 11.1 Å². The van der Waals surface area contributed by atoms with E-state index in [9.17, 15) is 4.79 Å². The third kappa shape index (κ3) is 4.85. The minimum Gasteiger partial charge on any atom is -0.378 e. The number of hydrogen-bond acceptors (Lipinski definition) is 2. The van der Waals surface area contributed by atoms with Gasteiger partial charge >= 0.3 is 6.03 Å². The van der Waals surface area contributed by atoms with Crippen LogP contribution in [0.15, 0.2) is 24.3 Å². The number of nitrogens with one attached hydrogen (secondary N) is 1. The molecule has 1 aliphatic heterocycles. The van der Waals surface area contributed by atoms with Gasteiger partial charge < -0.3 is 15.0 Å². The Hall–Kier alpha value is -1.26. The van der Waals surface area contributed by atoms with E-state index in [0.717, 1.165) is 44.0 Å². The molecule has 23 heavy (non-hydrogen) atoms. The van der Waals surface area contributed by atoms with Crippen LogP contribution in [0.25, 0.3) is 0 Å². The molecule has 126 valence electrons. The number of likely N-dealkylation sites (tertiary alicyclic amines) is 1. The molecule has 2 amide bonds. The van der Waals surface area contributed by atoms with Crippen LogP contribution in [0.1, 0.15) is 44.2 Å². The Morgan fingerprint density at radius 1 is 1.35 bits per heavy atom. The molecule has 5 heteroatoms. The van der Waals surface area contributed by atoms with Crippen LogP contribution in [-0.4, -0.2) is 36.7 Å². The number of urea groups is 1. The molecule has 1 heterocycles. The first-order valence-corrected chi connectivity index (χ1v) is 8.92. The maximum absolute atomic E-state index is 12.4. The van der Waals surface area contributed by atoms with Crippen LogP contribution in [0.3, 0.4) is 0 Å². The Morgan fingerprint density at radius 3 is 2.74 bits per heavy atom. The summed E-state index contributed by atoms with van der Waals surface area (Å²) in [7, 11) is 0. The molecule has 1 saturated heterocycles. The second kappa shape index (κ2) is 7.54. The normalized spacial score (nSPS) is 20.3. The molecule has 0 aromatic heterocycles. The van der Waals surface area contributed by atoms with Crippen molar-refractivity contribution in [2.45, 2.75) is 44.8 Å². The van der Waals surface area contributed by atoms with Crippen molar-refractivity contribution in [3.8, 4) is 0 Å². The van der Waals surface area contributed by atoms with Gasteiger partial charge in [0.1, 0.15) is 0 Å². The lowest BCUT2D eigenvalue weighted by atomic mass is 10.1. The number of hydrogen-bond donors (Lipinski definition) is 1. The summed E-state index contributed by atoms with van der Waals surface area (Å²) < 4.78 is 5.93. The van der Waals surface area contributed by atoms with E-state index in [-0.39, 0.29) is 12.1 Å². The van der Waals surface area contributed by atoms with Crippen LogP contribution in [0.4, 0.5) is 4.79 Å². The van der Waals surface area contributed by atoms with Crippen molar-refractivity contribution in [3.05, 3.63) is 34.9 Å². The first-order chi connectivity index (χ1) is 11.1. The second-order valence-electron chi connectivity index (χ2n) is 6.69. The van der Waals surface area contributed by atoms with Crippen molar-refractivity contribution in [2.24, 2.45) is 5.92 Å². The van der Waals surface area contributed by atoms with Gasteiger partial charge in [0.05, 0.1) is 12.1 Å². The van der Waals surface area contributed by atoms with Gasteiger partial charge in [0.15, 0.2) is 0 Å². The van der Waals surface area contributed by atoms with Gasteiger partial charge in [0, 0.05) is 24.7 Å². The predicted octanol–water partition coefficient (Wildman–Crippen LogP) is 4.00. The fourth-order valence-corrected chi connectivity index (χ4v) is 3.12. The van der Waals surface area contributed by atoms with Crippen molar-refractivity contribution >= 4 is 17.6 Å². The highest BCUT2D eigenvalue weighted by Gasteiger charge is 2.27. The van der Waals surface area contributed by atoms with E-state index >= 15 is 0 Å². The molecule has 1 N–H and O–H groups in total. The van der Waals surface area contributed by atoms with Crippen molar-refractivity contribution in [2.75, 3.05) is 19.7 Å². The number of benzene rings is 1. The Kier molecular flexibility index (Phi) is 5.44. The van der Waals surface area contributed by atoms with E-state index in [1.165, 1.54) is 12.8 Å². The minimum absolute atomic E-state index is 0.00174. The van der Waals surface area contributed by atoms with Gasteiger partial charge in [-0.1, -0.05) is 23.7 Å². The summed E-state index contributed by atoms with van der Waals surface area (Å²) in [5.74, 6) is 0.801. The highest BCUT2D eigenvalue weighted by atomic mass is 35.5. The van der Waals surface area contributed by atoms with Gasteiger partial charge in [0.25, 0.3) is 0 Å². The predicted molar refractivity (Wildman–Crippen MR) is 91.7 cm³/mol. The van der Waals surface area contributed by atoms with Crippen molar-refractivity contribution < 1.29 is 9.53 Å². The fraction of sp³-hybridized carbons (Fsp3) is 0.611. The molecular formula is C18H25ClN2O2. The van der Waals surface area contributed by atoms with E-state index in [2.05, 4.69) is 5.32 Å². The zero-order valence-corrected chi connectivity index (χ0v) is 14.4. The van der Waals surface area contributed by atoms with Crippen LogP contribution in [0.2, 0.25) is 5.02 Å². The molecule has 2 fully saturated rings. The molecule has 1 saturated carbocycles. The summed E-state index contributed by atoms with van der Waals surface area (Å²) in [5, 5.41) is 3.75. The Bertz CT molecular complexity index is 540. The highest BCUT2D eigenvalue weighted by Crippen LogP contribution is 2.30. The summed E-state index contributed by atoms with van der Waals surface area (Å²) in [5.41, 5.74) is 1.02. The number of carbonyl (C=O) groups is 1. The summed E-state index contributed by atoms with van der Waals surface area (Å²) in [6, 6.07) is 7.57. The van der Waals surface area contributed by atoms with Gasteiger partial charge in [0.2, 0.25) is 0 Å². The zero-order valence-electron chi connectivity index (χ0n) is 13.6. The molecular weight excluding hydrogens is 312 g/mol. The third-order valence-corrected chi connectivity index (χ3v) is 4.92. The first-order valence-electron chi connectivity index (χ1n) is 8.54. The largest absolute Gasteiger partial charge is 0.378 e. The van der Waals surface area contributed by atoms with Crippen molar-refractivity contribution in [1.82, 2.24) is 10.2 Å². The number of nitrogens with zero attached hydrogens (tertiary/aromatic N) is 1. The maximum Gasteiger partial charge on any atom is 0.317 e. The van der Waals surface area contributed by atoms with Crippen LogP contribution in [0.5, 0.6) is 0 Å². The van der Waals surface area contributed by atoms with Gasteiger partial charge in [-0.25, -0.2) is 4.79 Å². The number of piperidine rings is 1. The van der Waals surface area contributed by atoms with E-state index in [1.54, 1.807) is 0 Å². The molecule has 1 aromatic rings. The number of halogens is 1. The van der Waals surface area contributed by atoms with Crippen molar-refractivity contribution in [3.63, 3.8) is 0 Å². The Morgan fingerprint density at radius 2 is 2.09 bits per heavy atom. The fourth-order valence-electron chi connectivity index (χ4n) is 2.92. The topological polar surface area (TPSA) is 41.6 Å². The standard InChI is InChI=1S/C18H25ClN2O2/c1-13(15-3-2-4-16(19)11-15)20-18(22)21-9-7-17(8-10-21)23-12-14-5-6-14/h2-4,11,13-14,17H,5-10,12H2,1H3,(H,20,22)/t13-/m1/s1. The van der Waals surface area contributed by atoms with E-state index < -0.39 is 0 Å². The lowest BCUT2D eigenvalue weighted by molar-refractivity contribution is 0.00933. The van der Waals surface area contributed by atoms with Crippen LogP contribution < -0.4 is 5.32 Å². The number of rotatable bonds is 5. The average Bonchev–Trinajstić information content (AvgIpc) is 3.37. The van der Waals surface area contributed by atoms with E-state index in [4.69, 9.17) is 16.3 Å². The molecule has 1 aliphatic carbocycles. The maximum atomic E-state index is 12.4. The molecule has 0 radical (unpaired) electrons. The average molecular weight is 337 g/mol. The van der Waals surface area contributed by atoms with Gasteiger partial charge in [-0.2, -0.15) is 0 Å². The monoisotopic (exact) mass is 336 g/mol. The highest BCUT2D eigenvalue weighted by molar-refractivity contribution is 6.30. The molecule has 0 spiro atoms. The zero-order chi connectivity index (χ0) is 16.2. The van der Waals surface area contributed by atoms with Crippen LogP contribution in [-0.2, 0) is 4.74 Å². The van der Waals surface area contributed by atoms with Crippen LogP contribution >= 0.6 is 11.6 Å². The molecule has 0 unspecified atom stereocenters. The van der Waals surface area contributed by atoms with Crippen molar-refractivity contribution in [1.29, 1.82) is 0 Å².